The van der Waals surface area contributed by atoms with Crippen LogP contribution in [0.3, 0.4) is 0 Å². The number of esters is 1. The minimum absolute atomic E-state index is 0.0296. The summed E-state index contributed by atoms with van der Waals surface area (Å²) >= 11 is 3.14. The van der Waals surface area contributed by atoms with E-state index in [1.54, 1.807) is 6.07 Å². The van der Waals surface area contributed by atoms with E-state index in [1.165, 1.54) is 12.3 Å². The highest BCUT2D eigenvalue weighted by molar-refractivity contribution is 9.10. The van der Waals surface area contributed by atoms with E-state index in [0.717, 1.165) is 4.47 Å². The average molecular weight is 245 g/mol. The van der Waals surface area contributed by atoms with E-state index < -0.39 is 12.1 Å². The van der Waals surface area contributed by atoms with E-state index in [0.29, 0.717) is 0 Å². The molecule has 1 rings (SSSR count). The molecule has 5 nitrogen and oxygen atoms in total. The summed E-state index contributed by atoms with van der Waals surface area (Å²) in [6, 6.07) is 3.01. The Morgan fingerprint density at radius 1 is 1.46 bits per heavy atom. The van der Waals surface area contributed by atoms with Crippen LogP contribution < -0.4 is 5.73 Å². The van der Waals surface area contributed by atoms with E-state index >= 15 is 0 Å². The number of hydrogen-bond acceptors (Lipinski definition) is 4. The molecular weight excluding hydrogens is 240 g/mol. The first-order valence-corrected chi connectivity index (χ1v) is 4.02. The smallest absolute Gasteiger partial charge is 0.372 e. The molecule has 13 heavy (non-hydrogen) atoms. The normalized spacial score (nSPS) is 9.31. The molecule has 1 heterocycles. The predicted molar refractivity (Wildman–Crippen MR) is 46.9 cm³/mol. The van der Waals surface area contributed by atoms with E-state index in [2.05, 4.69) is 31.4 Å². The molecule has 1 aromatic heterocycles. The number of nitrogens with two attached hydrogens (primary N) is 1. The van der Waals surface area contributed by atoms with Crippen LogP contribution in [0.1, 0.15) is 10.5 Å². The summed E-state index contributed by atoms with van der Waals surface area (Å²) in [5.41, 5.74) is 4.67. The first-order valence-electron chi connectivity index (χ1n) is 3.23. The molecule has 0 fully saturated rings. The second kappa shape index (κ2) is 3.99. The van der Waals surface area contributed by atoms with Gasteiger partial charge in [0.25, 0.3) is 0 Å². The van der Waals surface area contributed by atoms with Crippen LogP contribution in [0.4, 0.5) is 4.79 Å². The minimum atomic E-state index is -1.14. The fourth-order valence-corrected chi connectivity index (χ4v) is 0.875. The van der Waals surface area contributed by atoms with Crippen molar-refractivity contribution in [1.82, 2.24) is 4.98 Å². The number of carbonyl (C=O) groups excluding carboxylic acids is 2. The van der Waals surface area contributed by atoms with Gasteiger partial charge in [-0.15, -0.1) is 0 Å². The molecule has 0 radical (unpaired) electrons. The number of nitrogens with zero attached hydrogens (tertiary/aromatic N) is 1. The molecule has 68 valence electrons. The van der Waals surface area contributed by atoms with Crippen LogP contribution in [0, 0.1) is 0 Å². The van der Waals surface area contributed by atoms with Gasteiger partial charge in [-0.1, -0.05) is 0 Å². The fourth-order valence-electron chi connectivity index (χ4n) is 0.640. The lowest BCUT2D eigenvalue weighted by Gasteiger charge is -1.97. The van der Waals surface area contributed by atoms with Crippen LogP contribution in [0.25, 0.3) is 0 Å². The summed E-state index contributed by atoms with van der Waals surface area (Å²) in [5.74, 6) is -0.861. The van der Waals surface area contributed by atoms with Crippen LogP contribution in [0.2, 0.25) is 0 Å². The van der Waals surface area contributed by atoms with Crippen LogP contribution >= 0.6 is 15.9 Å². The molecule has 0 saturated carbocycles. The van der Waals surface area contributed by atoms with Gasteiger partial charge in [0, 0.05) is 10.7 Å². The van der Waals surface area contributed by atoms with Gasteiger partial charge in [-0.25, -0.2) is 14.6 Å². The largest absolute Gasteiger partial charge is 0.412 e. The quantitative estimate of drug-likeness (QED) is 0.592. The molecule has 0 spiro atoms. The molecule has 6 heteroatoms. The molecule has 1 aromatic rings. The molecule has 0 atom stereocenters. The van der Waals surface area contributed by atoms with Crippen molar-refractivity contribution < 1.29 is 14.3 Å². The van der Waals surface area contributed by atoms with Crippen molar-refractivity contribution in [2.75, 3.05) is 0 Å². The Hall–Kier alpha value is -1.43. The summed E-state index contributed by atoms with van der Waals surface area (Å²) in [5, 5.41) is 0. The fraction of sp³-hybridized carbons (Fsp3) is 0. The van der Waals surface area contributed by atoms with Gasteiger partial charge >= 0.3 is 12.1 Å². The topological polar surface area (TPSA) is 82.3 Å². The highest BCUT2D eigenvalue weighted by Crippen LogP contribution is 2.07. The van der Waals surface area contributed by atoms with Crippen molar-refractivity contribution in [1.29, 1.82) is 0 Å². The zero-order chi connectivity index (χ0) is 9.84. The van der Waals surface area contributed by atoms with Gasteiger partial charge in [0.1, 0.15) is 5.69 Å². The molecular formula is C7H5BrN2O3. The number of rotatable bonds is 1. The first-order chi connectivity index (χ1) is 6.09. The molecule has 0 aliphatic rings. The summed E-state index contributed by atoms with van der Waals surface area (Å²) in [6.45, 7) is 0. The van der Waals surface area contributed by atoms with Gasteiger partial charge in [-0.3, -0.25) is 0 Å². The lowest BCUT2D eigenvalue weighted by molar-refractivity contribution is 0.0632. The van der Waals surface area contributed by atoms with Gasteiger partial charge in [-0.05, 0) is 28.1 Å². The molecule has 0 unspecified atom stereocenters. The molecule has 1 amide bonds. The number of halogens is 1. The Kier molecular flexibility index (Phi) is 2.97. The van der Waals surface area contributed by atoms with E-state index in [9.17, 15) is 9.59 Å². The van der Waals surface area contributed by atoms with E-state index in [4.69, 9.17) is 0 Å². The van der Waals surface area contributed by atoms with Crippen molar-refractivity contribution in [3.8, 4) is 0 Å². The number of hydrogen-bond donors (Lipinski definition) is 1. The van der Waals surface area contributed by atoms with Gasteiger partial charge in [0.05, 0.1) is 0 Å². The summed E-state index contributed by atoms with van der Waals surface area (Å²) < 4.78 is 4.82. The average Bonchev–Trinajstić information content (AvgIpc) is 2.04. The molecule has 0 aliphatic carbocycles. The highest BCUT2D eigenvalue weighted by atomic mass is 79.9. The van der Waals surface area contributed by atoms with Crippen LogP contribution in [-0.4, -0.2) is 17.0 Å². The van der Waals surface area contributed by atoms with E-state index in [-0.39, 0.29) is 5.69 Å². The molecule has 0 saturated heterocycles. The monoisotopic (exact) mass is 244 g/mol. The second-order valence-electron chi connectivity index (χ2n) is 2.07. The van der Waals surface area contributed by atoms with Crippen molar-refractivity contribution >= 4 is 28.0 Å². The lowest BCUT2D eigenvalue weighted by atomic mass is 10.4. The number of aromatic nitrogens is 1. The Morgan fingerprint density at radius 3 is 2.62 bits per heavy atom. The third-order valence-corrected chi connectivity index (χ3v) is 1.60. The highest BCUT2D eigenvalue weighted by Gasteiger charge is 2.10. The molecule has 0 bridgehead atoms. The molecule has 0 aliphatic heterocycles. The summed E-state index contributed by atoms with van der Waals surface area (Å²) in [6.07, 6.45) is 0.270. The van der Waals surface area contributed by atoms with Crippen LogP contribution in [0.5, 0.6) is 0 Å². The third-order valence-electron chi connectivity index (χ3n) is 1.13. The zero-order valence-corrected chi connectivity index (χ0v) is 7.95. The Balaban J connectivity index is 2.78. The van der Waals surface area contributed by atoms with Crippen molar-refractivity contribution in [2.45, 2.75) is 0 Å². The lowest BCUT2D eigenvalue weighted by Crippen LogP contribution is -2.19. The number of primary amides is 1. The Bertz CT molecular complexity index is 336. The standard InChI is InChI=1S/C7H5BrN2O3/c8-4-1-2-5(10-3-4)6(11)13-7(9)12/h1-3H,(H2,9,12). The van der Waals surface area contributed by atoms with Crippen LogP contribution in [0.15, 0.2) is 22.8 Å². The number of ether oxygens (including phenoxy) is 1. The molecule has 0 aromatic carbocycles. The maximum atomic E-state index is 11.0. The SMILES string of the molecule is NC(=O)OC(=O)c1ccc(Br)cn1. The van der Waals surface area contributed by atoms with Crippen molar-refractivity contribution in [2.24, 2.45) is 5.73 Å². The predicted octanol–water partition coefficient (Wildman–Crippen LogP) is 1.08. The maximum absolute atomic E-state index is 11.0. The van der Waals surface area contributed by atoms with Crippen LogP contribution in [-0.2, 0) is 4.74 Å². The maximum Gasteiger partial charge on any atom is 0.412 e. The van der Waals surface area contributed by atoms with E-state index in [1.807, 2.05) is 0 Å². The Labute approximate surface area is 82.0 Å². The van der Waals surface area contributed by atoms with Crippen molar-refractivity contribution in [3.05, 3.63) is 28.5 Å². The van der Waals surface area contributed by atoms with Gasteiger partial charge in [0.15, 0.2) is 0 Å². The molecule has 2 N–H and O–H groups in total. The van der Waals surface area contributed by atoms with Gasteiger partial charge < -0.3 is 10.5 Å². The van der Waals surface area contributed by atoms with Crippen molar-refractivity contribution in [3.63, 3.8) is 0 Å². The van der Waals surface area contributed by atoms with Gasteiger partial charge in [0.2, 0.25) is 0 Å². The minimum Gasteiger partial charge on any atom is -0.372 e. The zero-order valence-electron chi connectivity index (χ0n) is 6.36. The Morgan fingerprint density at radius 2 is 2.15 bits per heavy atom. The number of amides is 1. The third kappa shape index (κ3) is 2.83. The second-order valence-corrected chi connectivity index (χ2v) is 2.99. The summed E-state index contributed by atoms with van der Waals surface area (Å²) in [4.78, 5) is 24.9. The van der Waals surface area contributed by atoms with Gasteiger partial charge in [-0.2, -0.15) is 0 Å². The summed E-state index contributed by atoms with van der Waals surface area (Å²) in [7, 11) is 0. The number of carbonyl (C=O) groups is 2. The first kappa shape index (κ1) is 9.66. The number of pyridine rings is 1.